The molecule has 2 unspecified atom stereocenters. The molecule has 0 aliphatic heterocycles. The van der Waals surface area contributed by atoms with Crippen LogP contribution in [0.25, 0.3) is 0 Å². The molecular weight excluding hydrogens is 268 g/mol. The molecule has 0 saturated heterocycles. The van der Waals surface area contributed by atoms with Crippen molar-refractivity contribution in [1.29, 1.82) is 0 Å². The first-order valence-corrected chi connectivity index (χ1v) is 6.72. The van der Waals surface area contributed by atoms with Gasteiger partial charge in [-0.2, -0.15) is 5.10 Å². The van der Waals surface area contributed by atoms with E-state index in [1.807, 2.05) is 11.6 Å². The first-order chi connectivity index (χ1) is 7.51. The van der Waals surface area contributed by atoms with Crippen molar-refractivity contribution in [2.24, 2.45) is 5.92 Å². The summed E-state index contributed by atoms with van der Waals surface area (Å²) in [6.07, 6.45) is 1.51. The summed E-state index contributed by atoms with van der Waals surface area (Å²) in [5.74, 6) is 0.253. The third kappa shape index (κ3) is 2.86. The lowest BCUT2D eigenvalue weighted by Gasteiger charge is -2.15. The summed E-state index contributed by atoms with van der Waals surface area (Å²) in [4.78, 5) is 0. The van der Waals surface area contributed by atoms with E-state index in [1.165, 1.54) is 5.69 Å². The van der Waals surface area contributed by atoms with E-state index in [9.17, 15) is 5.11 Å². The Kier molecular flexibility index (Phi) is 4.99. The highest BCUT2D eigenvalue weighted by Gasteiger charge is 2.18. The van der Waals surface area contributed by atoms with Gasteiger partial charge >= 0.3 is 0 Å². The molecule has 0 fully saturated rings. The summed E-state index contributed by atoms with van der Waals surface area (Å²) >= 11 is 3.62. The first-order valence-electron chi connectivity index (χ1n) is 5.93. The Balaban J connectivity index is 2.97. The lowest BCUT2D eigenvalue weighted by atomic mass is 10.00. The second-order valence-electron chi connectivity index (χ2n) is 4.30. The van der Waals surface area contributed by atoms with E-state index in [-0.39, 0.29) is 12.0 Å². The van der Waals surface area contributed by atoms with E-state index in [4.69, 9.17) is 0 Å². The predicted molar refractivity (Wildman–Crippen MR) is 69.5 cm³/mol. The number of halogens is 1. The molecular formula is C12H21BrN2O. The lowest BCUT2D eigenvalue weighted by molar-refractivity contribution is 0.134. The third-order valence-corrected chi connectivity index (χ3v) is 3.95. The number of hydrogen-bond acceptors (Lipinski definition) is 2. The SMILES string of the molecule is CCc1nn(CC)c(CC(C)C(C)O)c1Br. The van der Waals surface area contributed by atoms with Crippen LogP contribution in [0.15, 0.2) is 4.47 Å². The fourth-order valence-electron chi connectivity index (χ4n) is 1.69. The maximum Gasteiger partial charge on any atom is 0.0766 e. The van der Waals surface area contributed by atoms with E-state index in [2.05, 4.69) is 41.8 Å². The Morgan fingerprint density at radius 2 is 2.00 bits per heavy atom. The van der Waals surface area contributed by atoms with Crippen molar-refractivity contribution in [1.82, 2.24) is 9.78 Å². The highest BCUT2D eigenvalue weighted by molar-refractivity contribution is 9.10. The van der Waals surface area contributed by atoms with Crippen molar-refractivity contribution in [3.05, 3.63) is 15.9 Å². The van der Waals surface area contributed by atoms with Crippen molar-refractivity contribution in [2.45, 2.75) is 53.2 Å². The molecule has 0 amide bonds. The maximum absolute atomic E-state index is 9.56. The number of rotatable bonds is 5. The van der Waals surface area contributed by atoms with Crippen LogP contribution in [0, 0.1) is 5.92 Å². The van der Waals surface area contributed by atoms with Crippen LogP contribution in [-0.4, -0.2) is 21.0 Å². The highest BCUT2D eigenvalue weighted by atomic mass is 79.9. The molecule has 2 atom stereocenters. The zero-order chi connectivity index (χ0) is 12.3. The molecule has 0 radical (unpaired) electrons. The number of aromatic nitrogens is 2. The summed E-state index contributed by atoms with van der Waals surface area (Å²) in [7, 11) is 0. The monoisotopic (exact) mass is 288 g/mol. The van der Waals surface area contributed by atoms with Crippen LogP contribution in [0.2, 0.25) is 0 Å². The van der Waals surface area contributed by atoms with Gasteiger partial charge in [0.05, 0.1) is 22.0 Å². The van der Waals surface area contributed by atoms with Gasteiger partial charge in [0.25, 0.3) is 0 Å². The van der Waals surface area contributed by atoms with Gasteiger partial charge < -0.3 is 5.11 Å². The van der Waals surface area contributed by atoms with Gasteiger partial charge in [-0.1, -0.05) is 13.8 Å². The zero-order valence-electron chi connectivity index (χ0n) is 10.5. The number of aliphatic hydroxyl groups excluding tert-OH is 1. The average molecular weight is 289 g/mol. The topological polar surface area (TPSA) is 38.0 Å². The second kappa shape index (κ2) is 5.82. The zero-order valence-corrected chi connectivity index (χ0v) is 12.1. The average Bonchev–Trinajstić information content (AvgIpc) is 2.55. The Hall–Kier alpha value is -0.350. The Labute approximate surface area is 106 Å². The smallest absolute Gasteiger partial charge is 0.0766 e. The van der Waals surface area contributed by atoms with E-state index < -0.39 is 0 Å². The van der Waals surface area contributed by atoms with Crippen LogP contribution in [0.1, 0.15) is 39.1 Å². The molecule has 1 aromatic rings. The fourth-order valence-corrected chi connectivity index (χ4v) is 2.41. The van der Waals surface area contributed by atoms with Gasteiger partial charge in [-0.15, -0.1) is 0 Å². The van der Waals surface area contributed by atoms with Crippen LogP contribution in [0.3, 0.4) is 0 Å². The van der Waals surface area contributed by atoms with E-state index in [0.717, 1.165) is 29.6 Å². The normalized spacial score (nSPS) is 15.1. The Morgan fingerprint density at radius 1 is 1.38 bits per heavy atom. The first kappa shape index (κ1) is 13.7. The molecule has 0 aliphatic carbocycles. The number of nitrogens with zero attached hydrogens (tertiary/aromatic N) is 2. The van der Waals surface area contributed by atoms with Crippen LogP contribution >= 0.6 is 15.9 Å². The maximum atomic E-state index is 9.56. The van der Waals surface area contributed by atoms with E-state index in [0.29, 0.717) is 0 Å². The largest absolute Gasteiger partial charge is 0.393 e. The van der Waals surface area contributed by atoms with Crippen molar-refractivity contribution >= 4 is 15.9 Å². The summed E-state index contributed by atoms with van der Waals surface area (Å²) in [6.45, 7) is 8.98. The summed E-state index contributed by atoms with van der Waals surface area (Å²) in [5.41, 5.74) is 2.31. The fraction of sp³-hybridized carbons (Fsp3) is 0.750. The molecule has 0 aliphatic rings. The van der Waals surface area contributed by atoms with Crippen LogP contribution in [0.4, 0.5) is 0 Å². The molecule has 0 saturated carbocycles. The Morgan fingerprint density at radius 3 is 2.44 bits per heavy atom. The molecule has 16 heavy (non-hydrogen) atoms. The summed E-state index contributed by atoms with van der Waals surface area (Å²) < 4.78 is 3.14. The van der Waals surface area contributed by atoms with Gasteiger partial charge in [-0.3, -0.25) is 4.68 Å². The summed E-state index contributed by atoms with van der Waals surface area (Å²) in [5, 5.41) is 14.1. The van der Waals surface area contributed by atoms with Gasteiger partial charge in [0.2, 0.25) is 0 Å². The van der Waals surface area contributed by atoms with Crippen LogP contribution < -0.4 is 0 Å². The highest BCUT2D eigenvalue weighted by Crippen LogP contribution is 2.25. The van der Waals surface area contributed by atoms with Crippen molar-refractivity contribution in [2.75, 3.05) is 0 Å². The second-order valence-corrected chi connectivity index (χ2v) is 5.09. The molecule has 4 heteroatoms. The third-order valence-electron chi connectivity index (χ3n) is 3.03. The molecule has 1 heterocycles. The van der Waals surface area contributed by atoms with Gasteiger partial charge in [0, 0.05) is 6.54 Å². The van der Waals surface area contributed by atoms with E-state index in [1.54, 1.807) is 0 Å². The quantitative estimate of drug-likeness (QED) is 0.905. The van der Waals surface area contributed by atoms with Gasteiger partial charge in [-0.25, -0.2) is 0 Å². The number of hydrogen-bond donors (Lipinski definition) is 1. The van der Waals surface area contributed by atoms with Gasteiger partial charge in [0.1, 0.15) is 0 Å². The van der Waals surface area contributed by atoms with Crippen molar-refractivity contribution < 1.29 is 5.11 Å². The van der Waals surface area contributed by atoms with E-state index >= 15 is 0 Å². The minimum absolute atomic E-state index is 0.253. The van der Waals surface area contributed by atoms with Gasteiger partial charge in [-0.05, 0) is 48.5 Å². The van der Waals surface area contributed by atoms with Crippen LogP contribution in [0.5, 0.6) is 0 Å². The molecule has 1 rings (SSSR count). The number of aryl methyl sites for hydroxylation is 2. The standard InChI is InChI=1S/C12H21BrN2O/c1-5-10-12(13)11(15(6-2)14-10)7-8(3)9(4)16/h8-9,16H,5-7H2,1-4H3. The molecule has 92 valence electrons. The minimum atomic E-state index is -0.280. The van der Waals surface area contributed by atoms with Crippen LogP contribution in [-0.2, 0) is 19.4 Å². The van der Waals surface area contributed by atoms with Gasteiger partial charge in [0.15, 0.2) is 0 Å². The summed E-state index contributed by atoms with van der Waals surface area (Å²) in [6, 6.07) is 0. The predicted octanol–water partition coefficient (Wildman–Crippen LogP) is 2.79. The number of aliphatic hydroxyl groups is 1. The molecule has 1 N–H and O–H groups in total. The molecule has 0 spiro atoms. The molecule has 3 nitrogen and oxygen atoms in total. The Bertz CT molecular complexity index is 347. The molecule has 0 aromatic carbocycles. The van der Waals surface area contributed by atoms with Crippen molar-refractivity contribution in [3.8, 4) is 0 Å². The van der Waals surface area contributed by atoms with Crippen molar-refractivity contribution in [3.63, 3.8) is 0 Å². The lowest BCUT2D eigenvalue weighted by Crippen LogP contribution is -2.18. The minimum Gasteiger partial charge on any atom is -0.393 e. The molecule has 1 aromatic heterocycles. The molecule has 0 bridgehead atoms.